The molecule has 1 fully saturated rings. The topological polar surface area (TPSA) is 29.3 Å². The molecule has 1 unspecified atom stereocenters. The molecule has 1 aliphatic heterocycles. The molecule has 0 bridgehead atoms. The van der Waals surface area contributed by atoms with Crippen LogP contribution in [0.2, 0.25) is 0 Å². The molecule has 0 radical (unpaired) electrons. The first-order valence-electron chi connectivity index (χ1n) is 6.51. The van der Waals surface area contributed by atoms with Crippen molar-refractivity contribution < 1.29 is 13.2 Å². The van der Waals surface area contributed by atoms with Crippen LogP contribution in [0.1, 0.15) is 24.0 Å². The SMILES string of the molecule is Cc1cc(N2CCCC(C(F)(F)F)C2)ccc1C(N)=S. The van der Waals surface area contributed by atoms with E-state index in [9.17, 15) is 13.2 Å². The first kappa shape index (κ1) is 15.1. The lowest BCUT2D eigenvalue weighted by atomic mass is 9.96. The molecule has 1 atom stereocenters. The number of rotatable bonds is 2. The van der Waals surface area contributed by atoms with Gasteiger partial charge in [0.2, 0.25) is 0 Å². The van der Waals surface area contributed by atoms with Gasteiger partial charge in [0.25, 0.3) is 0 Å². The van der Waals surface area contributed by atoms with Crippen molar-refractivity contribution >= 4 is 22.9 Å². The van der Waals surface area contributed by atoms with E-state index in [1.165, 1.54) is 0 Å². The zero-order valence-corrected chi connectivity index (χ0v) is 12.0. The molecule has 6 heteroatoms. The molecular formula is C14H17F3N2S. The smallest absolute Gasteiger partial charge is 0.389 e. The molecule has 1 aromatic rings. The van der Waals surface area contributed by atoms with Crippen LogP contribution >= 0.6 is 12.2 Å². The van der Waals surface area contributed by atoms with E-state index in [2.05, 4.69) is 0 Å². The van der Waals surface area contributed by atoms with Gasteiger partial charge in [0.1, 0.15) is 4.99 Å². The maximum absolute atomic E-state index is 12.8. The van der Waals surface area contributed by atoms with Gasteiger partial charge >= 0.3 is 6.18 Å². The monoisotopic (exact) mass is 302 g/mol. The quantitative estimate of drug-likeness (QED) is 0.849. The Morgan fingerprint density at radius 1 is 1.40 bits per heavy atom. The van der Waals surface area contributed by atoms with Crippen molar-refractivity contribution in [3.63, 3.8) is 0 Å². The Morgan fingerprint density at radius 3 is 2.65 bits per heavy atom. The van der Waals surface area contributed by atoms with E-state index in [0.717, 1.165) is 16.8 Å². The predicted octanol–water partition coefficient (Wildman–Crippen LogP) is 3.41. The van der Waals surface area contributed by atoms with Gasteiger partial charge in [-0.05, 0) is 43.5 Å². The highest BCUT2D eigenvalue weighted by molar-refractivity contribution is 7.80. The van der Waals surface area contributed by atoms with Gasteiger partial charge in [-0.1, -0.05) is 12.2 Å². The number of benzene rings is 1. The molecule has 20 heavy (non-hydrogen) atoms. The van der Waals surface area contributed by atoms with Gasteiger partial charge in [-0.3, -0.25) is 0 Å². The minimum atomic E-state index is -4.12. The highest BCUT2D eigenvalue weighted by Crippen LogP contribution is 2.35. The Kier molecular flexibility index (Phi) is 4.22. The zero-order valence-electron chi connectivity index (χ0n) is 11.2. The van der Waals surface area contributed by atoms with Gasteiger partial charge in [-0.15, -0.1) is 0 Å². The minimum absolute atomic E-state index is 0.0232. The highest BCUT2D eigenvalue weighted by Gasteiger charge is 2.41. The van der Waals surface area contributed by atoms with Crippen LogP contribution in [-0.4, -0.2) is 24.3 Å². The number of hydrogen-bond donors (Lipinski definition) is 1. The zero-order chi connectivity index (χ0) is 14.9. The van der Waals surface area contributed by atoms with Gasteiger partial charge in [-0.25, -0.2) is 0 Å². The lowest BCUT2D eigenvalue weighted by Gasteiger charge is -2.35. The van der Waals surface area contributed by atoms with Crippen LogP contribution in [-0.2, 0) is 0 Å². The van der Waals surface area contributed by atoms with E-state index in [-0.39, 0.29) is 13.0 Å². The lowest BCUT2D eigenvalue weighted by Crippen LogP contribution is -2.41. The van der Waals surface area contributed by atoms with E-state index in [1.807, 2.05) is 13.0 Å². The largest absolute Gasteiger partial charge is 0.393 e. The average molecular weight is 302 g/mol. The summed E-state index contributed by atoms with van der Waals surface area (Å²) in [6.07, 6.45) is -3.35. The van der Waals surface area contributed by atoms with Crippen LogP contribution in [0.15, 0.2) is 18.2 Å². The van der Waals surface area contributed by atoms with Crippen LogP contribution < -0.4 is 10.6 Å². The predicted molar refractivity (Wildman–Crippen MR) is 78.1 cm³/mol. The molecule has 0 amide bonds. The summed E-state index contributed by atoms with van der Waals surface area (Å²) < 4.78 is 38.5. The first-order valence-corrected chi connectivity index (χ1v) is 6.92. The van der Waals surface area contributed by atoms with Crippen LogP contribution in [0.25, 0.3) is 0 Å². The number of anilines is 1. The van der Waals surface area contributed by atoms with Crippen LogP contribution in [0.3, 0.4) is 0 Å². The molecule has 0 aliphatic carbocycles. The number of thiocarbonyl (C=S) groups is 1. The molecule has 0 spiro atoms. The maximum atomic E-state index is 12.8. The van der Waals surface area contributed by atoms with Gasteiger partial charge in [0.05, 0.1) is 5.92 Å². The summed E-state index contributed by atoms with van der Waals surface area (Å²) in [6, 6.07) is 5.43. The van der Waals surface area contributed by atoms with Gasteiger partial charge in [-0.2, -0.15) is 13.2 Å². The third-order valence-corrected chi connectivity index (χ3v) is 3.94. The maximum Gasteiger partial charge on any atom is 0.393 e. The fraction of sp³-hybridized carbons (Fsp3) is 0.500. The highest BCUT2D eigenvalue weighted by atomic mass is 32.1. The number of piperidine rings is 1. The summed E-state index contributed by atoms with van der Waals surface area (Å²) >= 11 is 4.93. The van der Waals surface area contributed by atoms with Gasteiger partial charge < -0.3 is 10.6 Å². The molecule has 2 rings (SSSR count). The summed E-state index contributed by atoms with van der Waals surface area (Å²) in [4.78, 5) is 2.10. The summed E-state index contributed by atoms with van der Waals surface area (Å²) in [5.74, 6) is -1.24. The second kappa shape index (κ2) is 5.60. The number of nitrogens with zero attached hydrogens (tertiary/aromatic N) is 1. The second-order valence-electron chi connectivity index (χ2n) is 5.19. The van der Waals surface area contributed by atoms with E-state index in [4.69, 9.17) is 18.0 Å². The first-order chi connectivity index (χ1) is 9.29. The molecule has 0 saturated carbocycles. The second-order valence-corrected chi connectivity index (χ2v) is 5.63. The van der Waals surface area contributed by atoms with E-state index < -0.39 is 12.1 Å². The lowest BCUT2D eigenvalue weighted by molar-refractivity contribution is -0.175. The van der Waals surface area contributed by atoms with Crippen molar-refractivity contribution in [2.45, 2.75) is 25.9 Å². The Labute approximate surface area is 121 Å². The van der Waals surface area contributed by atoms with E-state index >= 15 is 0 Å². The third kappa shape index (κ3) is 3.23. The Bertz CT molecular complexity index is 514. The Morgan fingerprint density at radius 2 is 2.10 bits per heavy atom. The Balaban J connectivity index is 2.19. The van der Waals surface area contributed by atoms with Crippen molar-refractivity contribution in [1.29, 1.82) is 0 Å². The van der Waals surface area contributed by atoms with E-state index in [0.29, 0.717) is 18.0 Å². The van der Waals surface area contributed by atoms with Crippen molar-refractivity contribution in [2.75, 3.05) is 18.0 Å². The fourth-order valence-corrected chi connectivity index (χ4v) is 2.83. The van der Waals surface area contributed by atoms with Crippen LogP contribution in [0, 0.1) is 12.8 Å². The molecule has 110 valence electrons. The summed E-state index contributed by atoms with van der Waals surface area (Å²) in [6.45, 7) is 2.54. The standard InChI is InChI=1S/C14H17F3N2S/c1-9-7-11(4-5-12(9)13(18)20)19-6-2-3-10(8-19)14(15,16)17/h4-5,7,10H,2-3,6,8H2,1H3,(H2,18,20). The van der Waals surface area contributed by atoms with E-state index in [1.54, 1.807) is 17.0 Å². The van der Waals surface area contributed by atoms with Gasteiger partial charge in [0.15, 0.2) is 0 Å². The number of hydrogen-bond acceptors (Lipinski definition) is 2. The molecular weight excluding hydrogens is 285 g/mol. The molecule has 0 aromatic heterocycles. The van der Waals surface area contributed by atoms with Crippen molar-refractivity contribution in [2.24, 2.45) is 11.7 Å². The summed E-state index contributed by atoms with van der Waals surface area (Å²) in [5, 5.41) is 0. The third-order valence-electron chi connectivity index (χ3n) is 3.72. The summed E-state index contributed by atoms with van der Waals surface area (Å²) in [5.41, 5.74) is 8.06. The molecule has 1 aromatic carbocycles. The van der Waals surface area contributed by atoms with Crippen LogP contribution in [0.5, 0.6) is 0 Å². The van der Waals surface area contributed by atoms with Crippen molar-refractivity contribution in [1.82, 2.24) is 0 Å². The van der Waals surface area contributed by atoms with Gasteiger partial charge in [0, 0.05) is 24.3 Å². The Hall–Kier alpha value is -1.30. The summed E-state index contributed by atoms with van der Waals surface area (Å²) in [7, 11) is 0. The minimum Gasteiger partial charge on any atom is -0.389 e. The van der Waals surface area contributed by atoms with Crippen molar-refractivity contribution in [3.05, 3.63) is 29.3 Å². The molecule has 1 saturated heterocycles. The molecule has 1 aliphatic rings. The van der Waals surface area contributed by atoms with Crippen molar-refractivity contribution in [3.8, 4) is 0 Å². The fourth-order valence-electron chi connectivity index (χ4n) is 2.60. The van der Waals surface area contributed by atoms with Crippen LogP contribution in [0.4, 0.5) is 18.9 Å². The number of halogens is 3. The molecule has 2 N–H and O–H groups in total. The normalized spacial score (nSPS) is 20.0. The molecule has 2 nitrogen and oxygen atoms in total. The average Bonchev–Trinajstić information content (AvgIpc) is 2.37. The molecule has 1 heterocycles. The number of nitrogens with two attached hydrogens (primary N) is 1. The number of alkyl halides is 3. The number of aryl methyl sites for hydroxylation is 1.